The Labute approximate surface area is 210 Å². The second-order valence-electron chi connectivity index (χ2n) is 8.60. The fourth-order valence-corrected chi connectivity index (χ4v) is 6.54. The number of rotatable bonds is 8. The lowest BCUT2D eigenvalue weighted by molar-refractivity contribution is -0.139. The lowest BCUT2D eigenvalue weighted by Crippen LogP contribution is -2.63. The summed E-state index contributed by atoms with van der Waals surface area (Å²) in [7, 11) is -4.55. The number of amides is 1. The zero-order chi connectivity index (χ0) is 25.6. The Bertz CT molecular complexity index is 1400. The van der Waals surface area contributed by atoms with Crippen LogP contribution in [-0.4, -0.2) is 53.7 Å². The molecule has 36 heavy (non-hydrogen) atoms. The molecule has 0 aliphatic carbocycles. The first-order valence-corrected chi connectivity index (χ1v) is 13.1. The molecule has 186 valence electrons. The smallest absolute Gasteiger partial charge is 0.267 e. The SMILES string of the molecule is N#CN(N=CNO)[C@@](Cc1ccccc1)(C(=O)N1CCCCC1)S(=O)(=O)c1ccc2ccccc2c1. The molecule has 0 bridgehead atoms. The molecule has 10 heteroatoms. The molecule has 3 aromatic carbocycles. The summed E-state index contributed by atoms with van der Waals surface area (Å²) in [6, 6.07) is 20.6. The van der Waals surface area contributed by atoms with Crippen LogP contribution in [0.15, 0.2) is 82.8 Å². The number of hydroxylamine groups is 1. The third kappa shape index (κ3) is 4.63. The number of carbonyl (C=O) groups is 1. The molecule has 1 saturated heterocycles. The van der Waals surface area contributed by atoms with E-state index in [9.17, 15) is 18.5 Å². The summed E-state index contributed by atoms with van der Waals surface area (Å²) in [6.45, 7) is 0.758. The van der Waals surface area contributed by atoms with Gasteiger partial charge in [0.15, 0.2) is 0 Å². The highest BCUT2D eigenvalue weighted by atomic mass is 32.2. The Morgan fingerprint density at radius 3 is 2.39 bits per heavy atom. The fraction of sp³-hybridized carbons (Fsp3) is 0.269. The minimum absolute atomic E-state index is 0.102. The van der Waals surface area contributed by atoms with Crippen LogP contribution in [0.1, 0.15) is 24.8 Å². The number of carbonyl (C=O) groups excluding carboxylic acids is 1. The van der Waals surface area contributed by atoms with Gasteiger partial charge >= 0.3 is 0 Å². The van der Waals surface area contributed by atoms with Crippen LogP contribution in [-0.2, 0) is 21.1 Å². The van der Waals surface area contributed by atoms with Crippen molar-refractivity contribution in [2.24, 2.45) is 5.10 Å². The first-order chi connectivity index (χ1) is 17.4. The largest absolute Gasteiger partial charge is 0.340 e. The van der Waals surface area contributed by atoms with E-state index < -0.39 is 20.6 Å². The van der Waals surface area contributed by atoms with Crippen LogP contribution in [0.2, 0.25) is 0 Å². The summed E-state index contributed by atoms with van der Waals surface area (Å²) in [5, 5.41) is 25.2. The number of nitrogens with one attached hydrogen (secondary N) is 1. The summed E-state index contributed by atoms with van der Waals surface area (Å²) < 4.78 is 29.1. The van der Waals surface area contributed by atoms with Crippen LogP contribution >= 0.6 is 0 Å². The second-order valence-corrected chi connectivity index (χ2v) is 10.8. The number of piperidine rings is 1. The molecular formula is C26H27N5O4S. The Morgan fingerprint density at radius 2 is 1.72 bits per heavy atom. The first kappa shape index (κ1) is 25.2. The summed E-state index contributed by atoms with van der Waals surface area (Å²) in [5.41, 5.74) is 2.24. The number of hydrazone groups is 1. The molecule has 4 rings (SSSR count). The lowest BCUT2D eigenvalue weighted by Gasteiger charge is -2.40. The third-order valence-corrected chi connectivity index (χ3v) is 8.66. The molecule has 1 atom stereocenters. The maximum absolute atomic E-state index is 14.6. The van der Waals surface area contributed by atoms with Gasteiger partial charge in [-0.15, -0.1) is 5.10 Å². The summed E-state index contributed by atoms with van der Waals surface area (Å²) in [5.74, 6) is -0.726. The first-order valence-electron chi connectivity index (χ1n) is 11.6. The van der Waals surface area contributed by atoms with Gasteiger partial charge in [0.1, 0.15) is 6.34 Å². The molecule has 1 amide bonds. The predicted molar refractivity (Wildman–Crippen MR) is 135 cm³/mol. The zero-order valence-corrected chi connectivity index (χ0v) is 20.4. The van der Waals surface area contributed by atoms with Crippen molar-refractivity contribution in [3.8, 4) is 6.19 Å². The van der Waals surface area contributed by atoms with E-state index in [2.05, 4.69) is 5.10 Å². The molecule has 0 saturated carbocycles. The van der Waals surface area contributed by atoms with Crippen LogP contribution in [0, 0.1) is 11.5 Å². The summed E-state index contributed by atoms with van der Waals surface area (Å²) >= 11 is 0. The number of fused-ring (bicyclic) bond motifs is 1. The van der Waals surface area contributed by atoms with Gasteiger partial charge < -0.3 is 4.90 Å². The van der Waals surface area contributed by atoms with E-state index in [-0.39, 0.29) is 11.3 Å². The van der Waals surface area contributed by atoms with E-state index in [0.29, 0.717) is 29.0 Å². The molecule has 1 aliphatic rings. The van der Waals surface area contributed by atoms with E-state index in [1.54, 1.807) is 60.2 Å². The van der Waals surface area contributed by atoms with Crippen molar-refractivity contribution < 1.29 is 18.4 Å². The Kier molecular flexibility index (Phi) is 7.52. The predicted octanol–water partition coefficient (Wildman–Crippen LogP) is 3.27. The van der Waals surface area contributed by atoms with Gasteiger partial charge in [-0.3, -0.25) is 15.5 Å². The van der Waals surface area contributed by atoms with Crippen molar-refractivity contribution in [3.63, 3.8) is 0 Å². The monoisotopic (exact) mass is 505 g/mol. The van der Waals surface area contributed by atoms with E-state index in [1.165, 1.54) is 17.0 Å². The van der Waals surface area contributed by atoms with Gasteiger partial charge in [-0.25, -0.2) is 8.42 Å². The minimum atomic E-state index is -4.55. The summed E-state index contributed by atoms with van der Waals surface area (Å²) in [4.78, 5) is 13.2. The van der Waals surface area contributed by atoms with E-state index in [4.69, 9.17) is 5.21 Å². The molecule has 9 nitrogen and oxygen atoms in total. The molecule has 0 spiro atoms. The van der Waals surface area contributed by atoms with Crippen LogP contribution in [0.25, 0.3) is 10.8 Å². The van der Waals surface area contributed by atoms with Crippen LogP contribution < -0.4 is 5.48 Å². The third-order valence-electron chi connectivity index (χ3n) is 6.41. The average molecular weight is 506 g/mol. The van der Waals surface area contributed by atoms with Gasteiger partial charge in [0, 0.05) is 19.5 Å². The number of nitriles is 1. The van der Waals surface area contributed by atoms with E-state index in [1.807, 2.05) is 12.1 Å². The lowest BCUT2D eigenvalue weighted by atomic mass is 10.0. The number of hydrogen-bond acceptors (Lipinski definition) is 7. The standard InChI is InChI=1S/C26H27N5O4S/c27-19-31(28-20-29-33)26(18-21-9-3-1-4-10-21,25(32)30-15-7-2-8-16-30)36(34,35)24-14-13-22-11-5-6-12-23(22)17-24/h1,3-6,9-14,17,20,33H,2,7-8,15-16,18H2,(H,28,29)/t26-/m1/s1. The topological polar surface area (TPSA) is 126 Å². The molecule has 1 aliphatic heterocycles. The van der Waals surface area contributed by atoms with Crippen molar-refractivity contribution in [2.45, 2.75) is 35.4 Å². The van der Waals surface area contributed by atoms with Gasteiger partial charge in [0.05, 0.1) is 4.90 Å². The highest BCUT2D eigenvalue weighted by Gasteiger charge is 2.58. The van der Waals surface area contributed by atoms with Crippen molar-refractivity contribution in [2.75, 3.05) is 13.1 Å². The highest BCUT2D eigenvalue weighted by Crippen LogP contribution is 2.37. The Hall–Kier alpha value is -3.94. The molecule has 0 radical (unpaired) electrons. The van der Waals surface area contributed by atoms with Crippen molar-refractivity contribution >= 4 is 32.9 Å². The van der Waals surface area contributed by atoms with Crippen LogP contribution in [0.5, 0.6) is 0 Å². The number of likely N-dealkylation sites (tertiary alicyclic amines) is 1. The molecule has 0 unspecified atom stereocenters. The van der Waals surface area contributed by atoms with Gasteiger partial charge in [-0.1, -0.05) is 60.7 Å². The maximum Gasteiger partial charge on any atom is 0.267 e. The van der Waals surface area contributed by atoms with Crippen molar-refractivity contribution in [1.29, 1.82) is 5.26 Å². The number of benzene rings is 3. The molecule has 0 aromatic heterocycles. The Morgan fingerprint density at radius 1 is 1.06 bits per heavy atom. The number of nitrogens with zero attached hydrogens (tertiary/aromatic N) is 4. The van der Waals surface area contributed by atoms with Crippen LogP contribution in [0.4, 0.5) is 0 Å². The quantitative estimate of drug-likeness (QED) is 0.158. The van der Waals surface area contributed by atoms with Gasteiger partial charge in [-0.05, 0) is 47.7 Å². The van der Waals surface area contributed by atoms with Gasteiger partial charge in [0.2, 0.25) is 16.0 Å². The van der Waals surface area contributed by atoms with E-state index in [0.717, 1.165) is 31.0 Å². The van der Waals surface area contributed by atoms with Crippen LogP contribution in [0.3, 0.4) is 0 Å². The van der Waals surface area contributed by atoms with Gasteiger partial charge in [0.25, 0.3) is 10.8 Å². The maximum atomic E-state index is 14.6. The Balaban J connectivity index is 1.99. The molecule has 2 N–H and O–H groups in total. The molecule has 1 heterocycles. The fourth-order valence-electron chi connectivity index (χ4n) is 4.59. The molecular weight excluding hydrogens is 478 g/mol. The van der Waals surface area contributed by atoms with Crippen molar-refractivity contribution in [3.05, 3.63) is 78.4 Å². The van der Waals surface area contributed by atoms with Crippen molar-refractivity contribution in [1.82, 2.24) is 15.4 Å². The average Bonchev–Trinajstić information content (AvgIpc) is 2.93. The van der Waals surface area contributed by atoms with Gasteiger partial charge in [-0.2, -0.15) is 10.3 Å². The summed E-state index contributed by atoms with van der Waals surface area (Å²) in [6.07, 6.45) is 4.63. The minimum Gasteiger partial charge on any atom is -0.340 e. The highest BCUT2D eigenvalue weighted by molar-refractivity contribution is 7.93. The molecule has 1 fully saturated rings. The van der Waals surface area contributed by atoms with E-state index >= 15 is 0 Å². The number of sulfone groups is 1. The second kappa shape index (κ2) is 10.8. The zero-order valence-electron chi connectivity index (χ0n) is 19.6. The number of hydrogen-bond donors (Lipinski definition) is 2. The molecule has 3 aromatic rings. The normalized spacial score (nSPS) is 15.8.